The van der Waals surface area contributed by atoms with Crippen LogP contribution in [-0.2, 0) is 0 Å². The van der Waals surface area contributed by atoms with Gasteiger partial charge in [0.25, 0.3) is 0 Å². The average molecular weight is 357 g/mol. The molecule has 0 aliphatic heterocycles. The molecule has 0 aromatic heterocycles. The minimum Gasteiger partial charge on any atom is -0.204 e. The monoisotopic (exact) mass is 356 g/mol. The fourth-order valence-corrected chi connectivity index (χ4v) is 4.48. The van der Waals surface area contributed by atoms with Crippen LogP contribution in [0.3, 0.4) is 0 Å². The summed E-state index contributed by atoms with van der Waals surface area (Å²) in [5.41, 5.74) is 0.929. The topological polar surface area (TPSA) is 0 Å². The lowest BCUT2D eigenvalue weighted by atomic mass is 9.79. The van der Waals surface area contributed by atoms with Crippen LogP contribution >= 0.6 is 0 Å². The zero-order chi connectivity index (χ0) is 18.4. The van der Waals surface area contributed by atoms with E-state index in [1.165, 1.54) is 44.2 Å². The summed E-state index contributed by atoms with van der Waals surface area (Å²) in [6, 6.07) is 4.34. The Morgan fingerprint density at radius 2 is 1.69 bits per heavy atom. The molecule has 0 atom stereocenters. The fraction of sp³-hybridized carbons (Fsp3) is 0.583. The third-order valence-electron chi connectivity index (χ3n) is 6.35. The van der Waals surface area contributed by atoms with Gasteiger partial charge in [-0.05, 0) is 92.9 Å². The van der Waals surface area contributed by atoms with Gasteiger partial charge < -0.3 is 0 Å². The van der Waals surface area contributed by atoms with Crippen LogP contribution in [0.1, 0.15) is 76.2 Å². The lowest BCUT2D eigenvalue weighted by Crippen LogP contribution is -2.12. The Kier molecular flexibility index (Phi) is 6.89. The zero-order valence-corrected chi connectivity index (χ0v) is 15.8. The summed E-state index contributed by atoms with van der Waals surface area (Å²) in [6.07, 6.45) is 15.2. The highest BCUT2D eigenvalue weighted by atomic mass is 19.2. The zero-order valence-electron chi connectivity index (χ0n) is 15.8. The van der Waals surface area contributed by atoms with E-state index in [9.17, 15) is 8.78 Å². The standard InChI is InChI=1S/C24H30F2/c1-2-18-7-9-19(10-8-18)5-3-4-6-20-11-13-21(14-12-20)22-15-16-23(25)24(26)17-22/h3,5,15-21H,2,7-14H2,1H3/b5-3+. The van der Waals surface area contributed by atoms with Crippen molar-refractivity contribution in [3.05, 3.63) is 47.5 Å². The summed E-state index contributed by atoms with van der Waals surface area (Å²) in [7, 11) is 0. The predicted octanol–water partition coefficient (Wildman–Crippen LogP) is 7.01. The molecule has 0 unspecified atom stereocenters. The van der Waals surface area contributed by atoms with Crippen LogP contribution in [0.4, 0.5) is 8.78 Å². The molecule has 0 spiro atoms. The van der Waals surface area contributed by atoms with E-state index in [-0.39, 0.29) is 0 Å². The molecule has 0 N–H and O–H groups in total. The smallest absolute Gasteiger partial charge is 0.159 e. The number of hydrogen-bond donors (Lipinski definition) is 0. The van der Waals surface area contributed by atoms with Crippen LogP contribution in [-0.4, -0.2) is 0 Å². The van der Waals surface area contributed by atoms with Crippen LogP contribution in [0.25, 0.3) is 0 Å². The molecule has 1 aromatic carbocycles. The van der Waals surface area contributed by atoms with E-state index in [0.29, 0.717) is 11.8 Å². The Morgan fingerprint density at radius 1 is 0.962 bits per heavy atom. The fourth-order valence-electron chi connectivity index (χ4n) is 4.48. The third kappa shape index (κ3) is 5.19. The third-order valence-corrected chi connectivity index (χ3v) is 6.35. The van der Waals surface area contributed by atoms with Gasteiger partial charge in [0.1, 0.15) is 0 Å². The maximum Gasteiger partial charge on any atom is 0.159 e. The number of allylic oxidation sites excluding steroid dienone is 2. The molecule has 3 rings (SSSR count). The molecule has 2 aliphatic rings. The Morgan fingerprint density at radius 3 is 2.35 bits per heavy atom. The van der Waals surface area contributed by atoms with E-state index in [1.807, 2.05) is 0 Å². The van der Waals surface area contributed by atoms with Crippen molar-refractivity contribution in [2.75, 3.05) is 0 Å². The Labute approximate surface area is 157 Å². The van der Waals surface area contributed by atoms with Gasteiger partial charge in [0.15, 0.2) is 11.6 Å². The normalized spacial score (nSPS) is 29.3. The first-order valence-corrected chi connectivity index (χ1v) is 10.3. The van der Waals surface area contributed by atoms with Gasteiger partial charge in [-0.1, -0.05) is 37.3 Å². The summed E-state index contributed by atoms with van der Waals surface area (Å²) in [5.74, 6) is 7.61. The van der Waals surface area contributed by atoms with E-state index in [2.05, 4.69) is 30.9 Å². The van der Waals surface area contributed by atoms with Gasteiger partial charge in [-0.2, -0.15) is 0 Å². The first kappa shape index (κ1) is 19.2. The van der Waals surface area contributed by atoms with E-state index < -0.39 is 11.6 Å². The second-order valence-electron chi connectivity index (χ2n) is 8.06. The second-order valence-corrected chi connectivity index (χ2v) is 8.06. The molecular formula is C24H30F2. The summed E-state index contributed by atoms with van der Waals surface area (Å²) in [5, 5.41) is 0. The van der Waals surface area contributed by atoms with E-state index in [1.54, 1.807) is 6.07 Å². The molecule has 26 heavy (non-hydrogen) atoms. The first-order chi connectivity index (χ1) is 12.7. The maximum atomic E-state index is 13.4. The molecule has 140 valence electrons. The molecule has 0 saturated heterocycles. The largest absolute Gasteiger partial charge is 0.204 e. The number of rotatable bonds is 3. The van der Waals surface area contributed by atoms with Gasteiger partial charge in [0, 0.05) is 5.92 Å². The van der Waals surface area contributed by atoms with Crippen LogP contribution in [0.5, 0.6) is 0 Å². The minimum absolute atomic E-state index is 0.340. The summed E-state index contributed by atoms with van der Waals surface area (Å²) in [6.45, 7) is 2.30. The van der Waals surface area contributed by atoms with Gasteiger partial charge in [0.2, 0.25) is 0 Å². The molecule has 0 amide bonds. The van der Waals surface area contributed by atoms with Crippen molar-refractivity contribution in [2.24, 2.45) is 17.8 Å². The Hall–Kier alpha value is -1.62. The minimum atomic E-state index is -0.761. The van der Waals surface area contributed by atoms with Crippen molar-refractivity contribution in [3.63, 3.8) is 0 Å². The molecule has 2 fully saturated rings. The molecule has 0 nitrogen and oxygen atoms in total. The maximum absolute atomic E-state index is 13.4. The van der Waals surface area contributed by atoms with Crippen LogP contribution in [0.2, 0.25) is 0 Å². The summed E-state index contributed by atoms with van der Waals surface area (Å²) >= 11 is 0. The van der Waals surface area contributed by atoms with Gasteiger partial charge in [0.05, 0.1) is 0 Å². The SMILES string of the molecule is CCC1CCC(/C=C/C#CC2CCC(c3ccc(F)c(F)c3)CC2)CC1. The lowest BCUT2D eigenvalue weighted by molar-refractivity contribution is 0.304. The number of benzene rings is 1. The van der Waals surface area contributed by atoms with E-state index in [0.717, 1.165) is 43.1 Å². The van der Waals surface area contributed by atoms with Crippen molar-refractivity contribution in [2.45, 2.75) is 70.6 Å². The Bertz CT molecular complexity index is 663. The highest BCUT2D eigenvalue weighted by molar-refractivity contribution is 5.23. The van der Waals surface area contributed by atoms with Crippen molar-refractivity contribution in [1.29, 1.82) is 0 Å². The van der Waals surface area contributed by atoms with Gasteiger partial charge in [-0.3, -0.25) is 0 Å². The molecule has 2 aliphatic carbocycles. The number of hydrogen-bond acceptors (Lipinski definition) is 0. The van der Waals surface area contributed by atoms with Crippen molar-refractivity contribution < 1.29 is 8.78 Å². The van der Waals surface area contributed by atoms with Crippen LogP contribution in [0, 0.1) is 41.2 Å². The van der Waals surface area contributed by atoms with Gasteiger partial charge in [-0.15, -0.1) is 0 Å². The molecule has 2 saturated carbocycles. The van der Waals surface area contributed by atoms with E-state index in [4.69, 9.17) is 0 Å². The Balaban J connectivity index is 1.44. The van der Waals surface area contributed by atoms with Gasteiger partial charge in [-0.25, -0.2) is 8.78 Å². The van der Waals surface area contributed by atoms with Crippen LogP contribution in [0.15, 0.2) is 30.4 Å². The van der Waals surface area contributed by atoms with Crippen molar-refractivity contribution in [1.82, 2.24) is 0 Å². The molecule has 0 bridgehead atoms. The molecule has 0 radical (unpaired) electrons. The highest BCUT2D eigenvalue weighted by Crippen LogP contribution is 2.36. The first-order valence-electron chi connectivity index (χ1n) is 10.3. The summed E-state index contributed by atoms with van der Waals surface area (Å²) < 4.78 is 26.5. The average Bonchev–Trinajstić information content (AvgIpc) is 2.68. The highest BCUT2D eigenvalue weighted by Gasteiger charge is 2.22. The van der Waals surface area contributed by atoms with Crippen LogP contribution < -0.4 is 0 Å². The summed E-state index contributed by atoms with van der Waals surface area (Å²) in [4.78, 5) is 0. The molecule has 2 heteroatoms. The van der Waals surface area contributed by atoms with Gasteiger partial charge >= 0.3 is 0 Å². The molecule has 1 aromatic rings. The van der Waals surface area contributed by atoms with Crippen molar-refractivity contribution in [3.8, 4) is 11.8 Å². The predicted molar refractivity (Wildman–Crippen MR) is 104 cm³/mol. The molecular weight excluding hydrogens is 326 g/mol. The van der Waals surface area contributed by atoms with E-state index >= 15 is 0 Å². The van der Waals surface area contributed by atoms with Crippen molar-refractivity contribution >= 4 is 0 Å². The lowest BCUT2D eigenvalue weighted by Gasteiger charge is -2.26. The second kappa shape index (κ2) is 9.36. The molecule has 0 heterocycles. The quantitative estimate of drug-likeness (QED) is 0.511. The number of halogens is 2.